The topological polar surface area (TPSA) is 70.1 Å². The van der Waals surface area contributed by atoms with Gasteiger partial charge in [-0.3, -0.25) is 4.79 Å². The molecule has 0 saturated carbocycles. The van der Waals surface area contributed by atoms with E-state index in [0.717, 1.165) is 11.3 Å². The number of anilines is 1. The standard InChI is InChI=1S/C19H18FN3O2/c1-2-25-19(24)10-13-6-8-16(9-7-13)23-18(21)12-17(22-23)14-4-3-5-15(20)11-14/h3-9,11-12H,2,10,21H2,1H3. The van der Waals surface area contributed by atoms with Crippen LogP contribution in [0.2, 0.25) is 0 Å². The van der Waals surface area contributed by atoms with Gasteiger partial charge >= 0.3 is 5.97 Å². The number of hydrogen-bond donors (Lipinski definition) is 1. The van der Waals surface area contributed by atoms with Crippen molar-refractivity contribution in [2.75, 3.05) is 12.3 Å². The van der Waals surface area contributed by atoms with Crippen LogP contribution in [-0.2, 0) is 16.0 Å². The fourth-order valence-corrected chi connectivity index (χ4v) is 2.52. The first kappa shape index (κ1) is 16.7. The molecule has 0 radical (unpaired) electrons. The van der Waals surface area contributed by atoms with E-state index in [1.807, 2.05) is 24.3 Å². The van der Waals surface area contributed by atoms with E-state index in [2.05, 4.69) is 5.10 Å². The first-order valence-corrected chi connectivity index (χ1v) is 7.93. The zero-order valence-corrected chi connectivity index (χ0v) is 13.8. The SMILES string of the molecule is CCOC(=O)Cc1ccc(-n2nc(-c3cccc(F)c3)cc2N)cc1. The van der Waals surface area contributed by atoms with E-state index in [0.29, 0.717) is 23.7 Å². The molecule has 5 nitrogen and oxygen atoms in total. The number of nitrogens with zero attached hydrogens (tertiary/aromatic N) is 2. The van der Waals surface area contributed by atoms with Crippen LogP contribution in [0.3, 0.4) is 0 Å². The van der Waals surface area contributed by atoms with Crippen LogP contribution in [0.1, 0.15) is 12.5 Å². The number of hydrogen-bond acceptors (Lipinski definition) is 4. The van der Waals surface area contributed by atoms with Gasteiger partial charge in [0.2, 0.25) is 0 Å². The van der Waals surface area contributed by atoms with Crippen molar-refractivity contribution in [1.29, 1.82) is 0 Å². The second-order valence-corrected chi connectivity index (χ2v) is 5.52. The number of nitrogens with two attached hydrogens (primary N) is 1. The van der Waals surface area contributed by atoms with Gasteiger partial charge in [-0.2, -0.15) is 5.10 Å². The molecule has 0 aliphatic carbocycles. The lowest BCUT2D eigenvalue weighted by atomic mass is 10.1. The Labute approximate surface area is 144 Å². The van der Waals surface area contributed by atoms with Crippen LogP contribution >= 0.6 is 0 Å². The van der Waals surface area contributed by atoms with Crippen molar-refractivity contribution in [3.8, 4) is 16.9 Å². The molecule has 3 aromatic rings. The van der Waals surface area contributed by atoms with Crippen molar-refractivity contribution in [2.45, 2.75) is 13.3 Å². The van der Waals surface area contributed by atoms with E-state index in [1.54, 1.807) is 29.8 Å². The van der Waals surface area contributed by atoms with E-state index in [-0.39, 0.29) is 18.2 Å². The summed E-state index contributed by atoms with van der Waals surface area (Å²) in [7, 11) is 0. The number of aromatic nitrogens is 2. The van der Waals surface area contributed by atoms with Crippen LogP contribution in [0.5, 0.6) is 0 Å². The Morgan fingerprint density at radius 2 is 1.96 bits per heavy atom. The number of carbonyl (C=O) groups excluding carboxylic acids is 1. The lowest BCUT2D eigenvalue weighted by molar-refractivity contribution is -0.142. The molecule has 0 aliphatic heterocycles. The van der Waals surface area contributed by atoms with E-state index in [9.17, 15) is 9.18 Å². The highest BCUT2D eigenvalue weighted by Crippen LogP contribution is 2.23. The number of benzene rings is 2. The second kappa shape index (κ2) is 7.17. The van der Waals surface area contributed by atoms with E-state index >= 15 is 0 Å². The molecular weight excluding hydrogens is 321 g/mol. The average Bonchev–Trinajstić information content (AvgIpc) is 2.98. The monoisotopic (exact) mass is 339 g/mol. The fraction of sp³-hybridized carbons (Fsp3) is 0.158. The molecule has 0 saturated heterocycles. The molecule has 1 aromatic heterocycles. The Bertz CT molecular complexity index is 888. The molecule has 25 heavy (non-hydrogen) atoms. The van der Waals surface area contributed by atoms with Crippen LogP contribution < -0.4 is 5.73 Å². The summed E-state index contributed by atoms with van der Waals surface area (Å²) in [6, 6.07) is 15.2. The highest BCUT2D eigenvalue weighted by Gasteiger charge is 2.10. The van der Waals surface area contributed by atoms with Crippen LogP contribution in [0.15, 0.2) is 54.6 Å². The largest absolute Gasteiger partial charge is 0.466 e. The van der Waals surface area contributed by atoms with E-state index < -0.39 is 0 Å². The maximum atomic E-state index is 13.4. The Balaban J connectivity index is 1.84. The summed E-state index contributed by atoms with van der Waals surface area (Å²) in [5.41, 5.74) is 8.89. The van der Waals surface area contributed by atoms with Crippen LogP contribution in [0.25, 0.3) is 16.9 Å². The predicted octanol–water partition coefficient (Wildman–Crippen LogP) is 3.37. The van der Waals surface area contributed by atoms with Gasteiger partial charge in [0, 0.05) is 11.6 Å². The Kier molecular flexibility index (Phi) is 4.79. The highest BCUT2D eigenvalue weighted by molar-refractivity contribution is 5.72. The number of rotatable bonds is 5. The van der Waals surface area contributed by atoms with Gasteiger partial charge in [0.1, 0.15) is 11.6 Å². The zero-order chi connectivity index (χ0) is 17.8. The normalized spacial score (nSPS) is 10.6. The molecular formula is C19H18FN3O2. The molecule has 0 spiro atoms. The van der Waals surface area contributed by atoms with E-state index in [1.165, 1.54) is 12.1 Å². The zero-order valence-electron chi connectivity index (χ0n) is 13.8. The average molecular weight is 339 g/mol. The van der Waals surface area contributed by atoms with Gasteiger partial charge in [-0.15, -0.1) is 0 Å². The highest BCUT2D eigenvalue weighted by atomic mass is 19.1. The quantitative estimate of drug-likeness (QED) is 0.724. The van der Waals surface area contributed by atoms with Crippen molar-refractivity contribution in [2.24, 2.45) is 0 Å². The predicted molar refractivity (Wildman–Crippen MR) is 93.7 cm³/mol. The molecule has 0 unspecified atom stereocenters. The minimum atomic E-state index is -0.325. The van der Waals surface area contributed by atoms with Gasteiger partial charge < -0.3 is 10.5 Å². The van der Waals surface area contributed by atoms with Crippen LogP contribution in [0, 0.1) is 5.82 Å². The number of halogens is 1. The van der Waals surface area contributed by atoms with Crippen molar-refractivity contribution in [3.63, 3.8) is 0 Å². The Morgan fingerprint density at radius 1 is 1.20 bits per heavy atom. The van der Waals surface area contributed by atoms with Gasteiger partial charge in [-0.05, 0) is 36.8 Å². The van der Waals surface area contributed by atoms with Crippen LogP contribution in [-0.4, -0.2) is 22.4 Å². The summed E-state index contributed by atoms with van der Waals surface area (Å²) >= 11 is 0. The summed E-state index contributed by atoms with van der Waals surface area (Å²) in [5.74, 6) is -0.145. The number of nitrogen functional groups attached to an aromatic ring is 1. The van der Waals surface area contributed by atoms with Gasteiger partial charge in [0.05, 0.1) is 24.4 Å². The number of carbonyl (C=O) groups is 1. The first-order chi connectivity index (χ1) is 12.1. The fourth-order valence-electron chi connectivity index (χ4n) is 2.52. The van der Waals surface area contributed by atoms with Crippen molar-refractivity contribution < 1.29 is 13.9 Å². The molecule has 0 fully saturated rings. The lowest BCUT2D eigenvalue weighted by Gasteiger charge is -2.06. The molecule has 128 valence electrons. The summed E-state index contributed by atoms with van der Waals surface area (Å²) < 4.78 is 19.9. The summed E-state index contributed by atoms with van der Waals surface area (Å²) in [6.07, 6.45) is 0.219. The molecule has 0 amide bonds. The minimum Gasteiger partial charge on any atom is -0.466 e. The molecule has 2 N–H and O–H groups in total. The third kappa shape index (κ3) is 3.85. The van der Waals surface area contributed by atoms with Crippen molar-refractivity contribution in [3.05, 3.63) is 66.0 Å². The van der Waals surface area contributed by atoms with Crippen LogP contribution in [0.4, 0.5) is 10.2 Å². The Morgan fingerprint density at radius 3 is 2.64 bits per heavy atom. The van der Waals surface area contributed by atoms with Crippen molar-refractivity contribution >= 4 is 11.8 Å². The first-order valence-electron chi connectivity index (χ1n) is 7.93. The van der Waals surface area contributed by atoms with Gasteiger partial charge in [-0.1, -0.05) is 24.3 Å². The van der Waals surface area contributed by atoms with Gasteiger partial charge in [0.25, 0.3) is 0 Å². The summed E-state index contributed by atoms with van der Waals surface area (Å²) in [4.78, 5) is 11.5. The lowest BCUT2D eigenvalue weighted by Crippen LogP contribution is -2.07. The summed E-state index contributed by atoms with van der Waals surface area (Å²) in [5, 5.41) is 4.44. The minimum absolute atomic E-state index is 0.219. The maximum Gasteiger partial charge on any atom is 0.310 e. The molecule has 0 bridgehead atoms. The van der Waals surface area contributed by atoms with Gasteiger partial charge in [-0.25, -0.2) is 9.07 Å². The maximum absolute atomic E-state index is 13.4. The van der Waals surface area contributed by atoms with Gasteiger partial charge in [0.15, 0.2) is 0 Å². The van der Waals surface area contributed by atoms with Crippen molar-refractivity contribution in [1.82, 2.24) is 9.78 Å². The second-order valence-electron chi connectivity index (χ2n) is 5.52. The molecule has 6 heteroatoms. The molecule has 2 aromatic carbocycles. The molecule has 3 rings (SSSR count). The molecule has 0 aliphatic rings. The summed E-state index contributed by atoms with van der Waals surface area (Å²) in [6.45, 7) is 2.14. The number of esters is 1. The third-order valence-electron chi connectivity index (χ3n) is 3.69. The number of ether oxygens (including phenoxy) is 1. The van der Waals surface area contributed by atoms with E-state index in [4.69, 9.17) is 10.5 Å². The molecule has 1 heterocycles. The third-order valence-corrected chi connectivity index (χ3v) is 3.69. The molecule has 0 atom stereocenters. The smallest absolute Gasteiger partial charge is 0.310 e. The Hall–Kier alpha value is -3.15.